The molecule has 2 rings (SSSR count). The van der Waals surface area contributed by atoms with E-state index in [1.165, 1.54) is 0 Å². The maximum atomic E-state index is 12.9. The highest BCUT2D eigenvalue weighted by Gasteiger charge is 2.56. The van der Waals surface area contributed by atoms with Crippen molar-refractivity contribution < 1.29 is 33.2 Å². The Balaban J connectivity index is 2.39. The zero-order chi connectivity index (χ0) is 22.4. The van der Waals surface area contributed by atoms with Crippen LogP contribution in [0.25, 0.3) is 0 Å². The van der Waals surface area contributed by atoms with Crippen LogP contribution in [0.4, 0.5) is 5.69 Å². The van der Waals surface area contributed by atoms with Crippen molar-refractivity contribution in [2.75, 3.05) is 46.5 Å². The Hall–Kier alpha value is -1.87. The molecule has 1 heterocycles. The lowest BCUT2D eigenvalue weighted by Gasteiger charge is -2.42. The van der Waals surface area contributed by atoms with Crippen molar-refractivity contribution in [2.24, 2.45) is 5.41 Å². The first kappa shape index (κ1) is 24.4. The molecule has 30 heavy (non-hydrogen) atoms. The van der Waals surface area contributed by atoms with Crippen molar-refractivity contribution in [2.45, 2.75) is 51.7 Å². The molecule has 1 aliphatic rings. The number of anilines is 1. The summed E-state index contributed by atoms with van der Waals surface area (Å²) in [5.74, 6) is -0.743. The Morgan fingerprint density at radius 2 is 1.63 bits per heavy atom. The molecular weight excluding hydrogens is 390 g/mol. The normalized spacial score (nSPS) is 21.8. The number of rotatable bonds is 11. The monoisotopic (exact) mass is 425 g/mol. The molecule has 1 fully saturated rings. The summed E-state index contributed by atoms with van der Waals surface area (Å²) >= 11 is 0. The van der Waals surface area contributed by atoms with Crippen LogP contribution in [-0.2, 0) is 28.5 Å². The molecule has 0 radical (unpaired) electrons. The molecule has 0 bridgehead atoms. The highest BCUT2D eigenvalue weighted by atomic mass is 16.8. The van der Waals surface area contributed by atoms with Gasteiger partial charge in [-0.15, -0.1) is 0 Å². The Kier molecular flexibility index (Phi) is 8.49. The Bertz CT molecular complexity index is 663. The highest BCUT2D eigenvalue weighted by Crippen LogP contribution is 2.41. The van der Waals surface area contributed by atoms with Crippen LogP contribution >= 0.6 is 0 Å². The first-order valence-electron chi connectivity index (χ1n) is 10.1. The number of esters is 1. The predicted molar refractivity (Wildman–Crippen MR) is 113 cm³/mol. The second kappa shape index (κ2) is 10.4. The highest BCUT2D eigenvalue weighted by molar-refractivity contribution is 5.78. The molecular formula is C22H35NO7. The maximum Gasteiger partial charge on any atom is 0.313 e. The average molecular weight is 426 g/mol. The number of hydrogen-bond acceptors (Lipinski definition) is 8. The molecule has 0 unspecified atom stereocenters. The van der Waals surface area contributed by atoms with Crippen LogP contribution in [0.5, 0.6) is 5.75 Å². The van der Waals surface area contributed by atoms with Gasteiger partial charge in [0.1, 0.15) is 18.0 Å². The van der Waals surface area contributed by atoms with Crippen molar-refractivity contribution in [1.29, 1.82) is 0 Å². The van der Waals surface area contributed by atoms with Gasteiger partial charge in [-0.05, 0) is 52.0 Å². The van der Waals surface area contributed by atoms with Gasteiger partial charge in [0.25, 0.3) is 0 Å². The number of carbonyl (C=O) groups is 1. The molecule has 1 aromatic carbocycles. The topological polar surface area (TPSA) is 84.5 Å². The van der Waals surface area contributed by atoms with E-state index in [2.05, 4.69) is 5.32 Å². The number of methoxy groups -OCH3 is 3. The van der Waals surface area contributed by atoms with Crippen LogP contribution < -0.4 is 10.1 Å². The molecule has 0 aliphatic carbocycles. The van der Waals surface area contributed by atoms with Gasteiger partial charge in [-0.25, -0.2) is 0 Å². The first-order chi connectivity index (χ1) is 14.2. The molecule has 0 spiro atoms. The van der Waals surface area contributed by atoms with Gasteiger partial charge < -0.3 is 33.7 Å². The average Bonchev–Trinajstić information content (AvgIpc) is 3.03. The third kappa shape index (κ3) is 5.43. The first-order valence-corrected chi connectivity index (χ1v) is 10.1. The van der Waals surface area contributed by atoms with E-state index in [0.717, 1.165) is 11.4 Å². The van der Waals surface area contributed by atoms with E-state index in [1.54, 1.807) is 28.3 Å². The third-order valence-corrected chi connectivity index (χ3v) is 5.30. The zero-order valence-corrected chi connectivity index (χ0v) is 19.0. The van der Waals surface area contributed by atoms with Gasteiger partial charge in [0, 0.05) is 19.9 Å². The van der Waals surface area contributed by atoms with Crippen molar-refractivity contribution in [1.82, 2.24) is 0 Å². The van der Waals surface area contributed by atoms with E-state index in [9.17, 15) is 4.79 Å². The van der Waals surface area contributed by atoms with Crippen LogP contribution in [0.15, 0.2) is 24.3 Å². The zero-order valence-electron chi connectivity index (χ0n) is 19.0. The molecule has 170 valence electrons. The van der Waals surface area contributed by atoms with Crippen LogP contribution in [0.3, 0.4) is 0 Å². The molecule has 3 atom stereocenters. The lowest BCUT2D eigenvalue weighted by atomic mass is 9.79. The number of hydrogen-bond donors (Lipinski definition) is 1. The van der Waals surface area contributed by atoms with Gasteiger partial charge in [-0.3, -0.25) is 4.79 Å². The summed E-state index contributed by atoms with van der Waals surface area (Å²) in [6.45, 7) is 8.23. The number of ether oxygens (including phenoxy) is 6. The number of carbonyl (C=O) groups excluding carboxylic acids is 1. The summed E-state index contributed by atoms with van der Waals surface area (Å²) in [7, 11) is 4.83. The summed E-state index contributed by atoms with van der Waals surface area (Å²) in [6, 6.07) is 6.88. The molecule has 1 aliphatic heterocycles. The summed E-state index contributed by atoms with van der Waals surface area (Å²) in [6.07, 6.45) is -0.670. The third-order valence-electron chi connectivity index (χ3n) is 5.30. The summed E-state index contributed by atoms with van der Waals surface area (Å²) in [5, 5.41) is 3.43. The molecule has 0 amide bonds. The van der Waals surface area contributed by atoms with Crippen LogP contribution in [0.2, 0.25) is 0 Å². The van der Waals surface area contributed by atoms with Gasteiger partial charge >= 0.3 is 5.97 Å². The quantitative estimate of drug-likeness (QED) is 0.542. The van der Waals surface area contributed by atoms with Gasteiger partial charge in [-0.2, -0.15) is 0 Å². The maximum absolute atomic E-state index is 12.9. The van der Waals surface area contributed by atoms with E-state index in [1.807, 2.05) is 45.0 Å². The summed E-state index contributed by atoms with van der Waals surface area (Å²) in [4.78, 5) is 12.9. The second-order valence-electron chi connectivity index (χ2n) is 7.99. The fraction of sp³-hybridized carbons (Fsp3) is 0.682. The second-order valence-corrected chi connectivity index (χ2v) is 7.99. The van der Waals surface area contributed by atoms with E-state index < -0.39 is 17.2 Å². The van der Waals surface area contributed by atoms with Gasteiger partial charge in [-0.1, -0.05) is 0 Å². The van der Waals surface area contributed by atoms with E-state index in [4.69, 9.17) is 28.4 Å². The Morgan fingerprint density at radius 1 is 1.10 bits per heavy atom. The fourth-order valence-corrected chi connectivity index (χ4v) is 3.78. The van der Waals surface area contributed by atoms with E-state index >= 15 is 0 Å². The summed E-state index contributed by atoms with van der Waals surface area (Å²) in [5.41, 5.74) is -0.172. The van der Waals surface area contributed by atoms with Crippen molar-refractivity contribution in [3.05, 3.63) is 24.3 Å². The van der Waals surface area contributed by atoms with E-state index in [0.29, 0.717) is 13.2 Å². The number of nitrogens with one attached hydrogen (secondary N) is 1. The van der Waals surface area contributed by atoms with Crippen LogP contribution in [0.1, 0.15) is 27.7 Å². The molecule has 8 heteroatoms. The molecule has 0 saturated carbocycles. The fourth-order valence-electron chi connectivity index (χ4n) is 3.78. The lowest BCUT2D eigenvalue weighted by molar-refractivity contribution is -0.202. The standard InChI is InChI=1S/C22H35NO7/c1-8-28-20(24)21(2,3)19(23-15-9-11-16(27-7)12-10-15)22(4)29-17(13-25-5)18(30-22)14-26-6/h9-12,17-19,23H,8,13-14H2,1-7H3/t17-,18-,19-/m0/s1. The van der Waals surface area contributed by atoms with Crippen molar-refractivity contribution >= 4 is 11.7 Å². The SMILES string of the molecule is CCOC(=O)C(C)(C)[C@H](Nc1ccc(OC)cc1)C1(C)O[C@@H](COC)[C@H](COC)O1. The van der Waals surface area contributed by atoms with Gasteiger partial charge in [0.05, 0.1) is 38.4 Å². The van der Waals surface area contributed by atoms with Crippen molar-refractivity contribution in [3.8, 4) is 5.75 Å². The van der Waals surface area contributed by atoms with E-state index in [-0.39, 0.29) is 24.8 Å². The smallest absolute Gasteiger partial charge is 0.313 e. The predicted octanol–water partition coefficient (Wildman–Crippen LogP) is 2.86. The molecule has 0 aromatic heterocycles. The summed E-state index contributed by atoms with van der Waals surface area (Å²) < 4.78 is 33.9. The minimum atomic E-state index is -1.14. The largest absolute Gasteiger partial charge is 0.497 e. The molecule has 1 aromatic rings. The molecule has 1 N–H and O–H groups in total. The minimum absolute atomic E-state index is 0.286. The van der Waals surface area contributed by atoms with Gasteiger partial charge in [0.2, 0.25) is 0 Å². The Morgan fingerprint density at radius 3 is 2.07 bits per heavy atom. The van der Waals surface area contributed by atoms with Crippen LogP contribution in [0, 0.1) is 5.41 Å². The Labute approximate surface area is 179 Å². The molecule has 1 saturated heterocycles. The lowest BCUT2D eigenvalue weighted by Crippen LogP contribution is -2.57. The number of benzene rings is 1. The molecule has 8 nitrogen and oxygen atoms in total. The van der Waals surface area contributed by atoms with Crippen molar-refractivity contribution in [3.63, 3.8) is 0 Å². The minimum Gasteiger partial charge on any atom is -0.497 e. The van der Waals surface area contributed by atoms with Crippen LogP contribution in [-0.4, -0.2) is 71.2 Å². The van der Waals surface area contributed by atoms with Gasteiger partial charge in [0.15, 0.2) is 5.79 Å².